The van der Waals surface area contributed by atoms with Gasteiger partial charge in [0.05, 0.1) is 5.54 Å². The van der Waals surface area contributed by atoms with Crippen LogP contribution in [0.3, 0.4) is 0 Å². The van der Waals surface area contributed by atoms with Gasteiger partial charge in [0.15, 0.2) is 5.78 Å². The standard InChI is InChI=1S/C14H18ClNO/c1-14(2)13(17)7-4-8-16(14)10-11-5-3-6-12(15)9-11/h3,5-6,9H,4,7-8,10H2,1-2H3. The first-order valence-corrected chi connectivity index (χ1v) is 6.41. The topological polar surface area (TPSA) is 20.3 Å². The summed E-state index contributed by atoms with van der Waals surface area (Å²) in [6.07, 6.45) is 1.67. The molecule has 0 N–H and O–H groups in total. The Morgan fingerprint density at radius 3 is 2.88 bits per heavy atom. The Morgan fingerprint density at radius 2 is 2.18 bits per heavy atom. The van der Waals surface area contributed by atoms with Crippen LogP contribution in [-0.2, 0) is 11.3 Å². The van der Waals surface area contributed by atoms with Crippen molar-refractivity contribution in [2.24, 2.45) is 0 Å². The molecule has 0 atom stereocenters. The fraction of sp³-hybridized carbons (Fsp3) is 0.500. The molecule has 2 nitrogen and oxygen atoms in total. The van der Waals surface area contributed by atoms with E-state index < -0.39 is 0 Å². The molecule has 1 heterocycles. The molecule has 2 rings (SSSR count). The molecular weight excluding hydrogens is 234 g/mol. The molecule has 0 saturated carbocycles. The van der Waals surface area contributed by atoms with Crippen LogP contribution in [0, 0.1) is 0 Å². The first-order chi connectivity index (χ1) is 8.00. The Morgan fingerprint density at radius 1 is 1.41 bits per heavy atom. The molecule has 0 aromatic heterocycles. The number of carbonyl (C=O) groups is 1. The first-order valence-electron chi connectivity index (χ1n) is 6.03. The summed E-state index contributed by atoms with van der Waals surface area (Å²) in [6.45, 7) is 5.79. The number of benzene rings is 1. The van der Waals surface area contributed by atoms with Gasteiger partial charge in [0.2, 0.25) is 0 Å². The molecule has 1 aromatic rings. The zero-order chi connectivity index (χ0) is 12.5. The molecule has 3 heteroatoms. The van der Waals surface area contributed by atoms with Crippen molar-refractivity contribution in [2.45, 2.75) is 38.8 Å². The lowest BCUT2D eigenvalue weighted by Crippen LogP contribution is -2.53. The fourth-order valence-electron chi connectivity index (χ4n) is 2.32. The van der Waals surface area contributed by atoms with Crippen LogP contribution in [0.25, 0.3) is 0 Å². The predicted molar refractivity (Wildman–Crippen MR) is 70.2 cm³/mol. The molecule has 0 unspecified atom stereocenters. The van der Waals surface area contributed by atoms with Crippen molar-refractivity contribution in [3.05, 3.63) is 34.9 Å². The Balaban J connectivity index is 2.15. The van der Waals surface area contributed by atoms with E-state index in [0.29, 0.717) is 12.2 Å². The van der Waals surface area contributed by atoms with E-state index in [1.165, 1.54) is 5.56 Å². The van der Waals surface area contributed by atoms with Crippen molar-refractivity contribution in [1.82, 2.24) is 4.90 Å². The van der Waals surface area contributed by atoms with Gasteiger partial charge in [-0.3, -0.25) is 9.69 Å². The highest BCUT2D eigenvalue weighted by Gasteiger charge is 2.36. The maximum Gasteiger partial charge on any atom is 0.152 e. The van der Waals surface area contributed by atoms with Crippen LogP contribution in [0.15, 0.2) is 24.3 Å². The maximum absolute atomic E-state index is 11.9. The van der Waals surface area contributed by atoms with Crippen molar-refractivity contribution in [3.8, 4) is 0 Å². The van der Waals surface area contributed by atoms with Crippen LogP contribution < -0.4 is 0 Å². The second kappa shape index (κ2) is 4.79. The highest BCUT2D eigenvalue weighted by Crippen LogP contribution is 2.26. The summed E-state index contributed by atoms with van der Waals surface area (Å²) in [6, 6.07) is 7.85. The van der Waals surface area contributed by atoms with Crippen LogP contribution >= 0.6 is 11.6 Å². The van der Waals surface area contributed by atoms with Gasteiger partial charge in [0.1, 0.15) is 0 Å². The summed E-state index contributed by atoms with van der Waals surface area (Å²) in [5, 5.41) is 0.753. The molecule has 0 radical (unpaired) electrons. The van der Waals surface area contributed by atoms with Crippen molar-refractivity contribution in [1.29, 1.82) is 0 Å². The van der Waals surface area contributed by atoms with E-state index in [1.54, 1.807) is 0 Å². The third-order valence-corrected chi connectivity index (χ3v) is 3.80. The average Bonchev–Trinajstić information content (AvgIpc) is 2.25. The van der Waals surface area contributed by atoms with Gasteiger partial charge in [0.25, 0.3) is 0 Å². The zero-order valence-electron chi connectivity index (χ0n) is 10.4. The van der Waals surface area contributed by atoms with Gasteiger partial charge in [0, 0.05) is 18.0 Å². The number of hydrogen-bond donors (Lipinski definition) is 0. The van der Waals surface area contributed by atoms with Gasteiger partial charge in [-0.25, -0.2) is 0 Å². The molecule has 0 spiro atoms. The molecule has 0 bridgehead atoms. The van der Waals surface area contributed by atoms with Crippen molar-refractivity contribution >= 4 is 17.4 Å². The van der Waals surface area contributed by atoms with Crippen molar-refractivity contribution in [2.75, 3.05) is 6.54 Å². The van der Waals surface area contributed by atoms with Crippen LogP contribution in [0.1, 0.15) is 32.3 Å². The summed E-state index contributed by atoms with van der Waals surface area (Å²) in [7, 11) is 0. The number of nitrogens with zero attached hydrogens (tertiary/aromatic N) is 1. The largest absolute Gasteiger partial charge is 0.298 e. The highest BCUT2D eigenvalue weighted by atomic mass is 35.5. The summed E-state index contributed by atoms with van der Waals surface area (Å²) < 4.78 is 0. The quantitative estimate of drug-likeness (QED) is 0.804. The molecule has 92 valence electrons. The van der Waals surface area contributed by atoms with E-state index in [1.807, 2.05) is 32.0 Å². The number of halogens is 1. The summed E-state index contributed by atoms with van der Waals surface area (Å²) in [5.41, 5.74) is 0.820. The van der Waals surface area contributed by atoms with Gasteiger partial charge in [-0.2, -0.15) is 0 Å². The van der Waals surface area contributed by atoms with Gasteiger partial charge in [-0.1, -0.05) is 23.7 Å². The Hall–Kier alpha value is -0.860. The van der Waals surface area contributed by atoms with E-state index in [9.17, 15) is 4.79 Å². The third-order valence-electron chi connectivity index (χ3n) is 3.57. The summed E-state index contributed by atoms with van der Waals surface area (Å²) in [4.78, 5) is 14.2. The van der Waals surface area contributed by atoms with Gasteiger partial charge < -0.3 is 0 Å². The lowest BCUT2D eigenvalue weighted by Gasteiger charge is -2.41. The second-order valence-electron chi connectivity index (χ2n) is 5.14. The minimum absolute atomic E-state index is 0.339. The monoisotopic (exact) mass is 251 g/mol. The molecule has 0 amide bonds. The van der Waals surface area contributed by atoms with Crippen LogP contribution in [0.4, 0.5) is 0 Å². The smallest absolute Gasteiger partial charge is 0.152 e. The predicted octanol–water partition coefficient (Wildman–Crippen LogP) is 3.28. The zero-order valence-corrected chi connectivity index (χ0v) is 11.1. The van der Waals surface area contributed by atoms with Crippen LogP contribution in [0.5, 0.6) is 0 Å². The van der Waals surface area contributed by atoms with Gasteiger partial charge in [-0.15, -0.1) is 0 Å². The Labute approximate surface area is 108 Å². The average molecular weight is 252 g/mol. The molecule has 1 aromatic carbocycles. The number of carbonyl (C=O) groups excluding carboxylic acids is 1. The lowest BCUT2D eigenvalue weighted by atomic mass is 9.88. The minimum Gasteiger partial charge on any atom is -0.298 e. The first kappa shape index (κ1) is 12.6. The van der Waals surface area contributed by atoms with Crippen LogP contribution in [0.2, 0.25) is 5.02 Å². The summed E-state index contributed by atoms with van der Waals surface area (Å²) >= 11 is 5.98. The van der Waals surface area contributed by atoms with E-state index in [-0.39, 0.29) is 5.54 Å². The Kier molecular flexibility index (Phi) is 3.55. The lowest BCUT2D eigenvalue weighted by molar-refractivity contribution is -0.133. The van der Waals surface area contributed by atoms with Crippen LogP contribution in [-0.4, -0.2) is 22.8 Å². The fourth-order valence-corrected chi connectivity index (χ4v) is 2.54. The number of piperidine rings is 1. The minimum atomic E-state index is -0.347. The number of hydrogen-bond acceptors (Lipinski definition) is 2. The summed E-state index contributed by atoms with van der Waals surface area (Å²) in [5.74, 6) is 0.339. The SMILES string of the molecule is CC1(C)C(=O)CCCN1Cc1cccc(Cl)c1. The molecule has 17 heavy (non-hydrogen) atoms. The van der Waals surface area contributed by atoms with Crippen molar-refractivity contribution < 1.29 is 4.79 Å². The van der Waals surface area contributed by atoms with E-state index in [2.05, 4.69) is 11.0 Å². The molecule has 1 aliphatic rings. The van der Waals surface area contributed by atoms with Gasteiger partial charge >= 0.3 is 0 Å². The normalized spacial score (nSPS) is 20.5. The van der Waals surface area contributed by atoms with Crippen molar-refractivity contribution in [3.63, 3.8) is 0 Å². The number of Topliss-reactive ketones (excluding diaryl/α,β-unsaturated/α-hetero) is 1. The maximum atomic E-state index is 11.9. The number of ketones is 1. The van der Waals surface area contributed by atoms with E-state index in [4.69, 9.17) is 11.6 Å². The van der Waals surface area contributed by atoms with E-state index in [0.717, 1.165) is 24.5 Å². The molecule has 0 aliphatic carbocycles. The van der Waals surface area contributed by atoms with Gasteiger partial charge in [-0.05, 0) is 44.5 Å². The molecule has 1 aliphatic heterocycles. The molecular formula is C14H18ClNO. The second-order valence-corrected chi connectivity index (χ2v) is 5.57. The number of rotatable bonds is 2. The Bertz CT molecular complexity index is 428. The highest BCUT2D eigenvalue weighted by molar-refractivity contribution is 6.30. The third kappa shape index (κ3) is 2.70. The molecule has 1 fully saturated rings. The molecule has 1 saturated heterocycles. The number of likely N-dealkylation sites (tertiary alicyclic amines) is 1. The van der Waals surface area contributed by atoms with E-state index >= 15 is 0 Å².